The van der Waals surface area contributed by atoms with Crippen molar-refractivity contribution in [3.63, 3.8) is 0 Å². The highest BCUT2D eigenvalue weighted by Gasteiger charge is 2.19. The third kappa shape index (κ3) is 5.40. The van der Waals surface area contributed by atoms with Crippen LogP contribution in [0.5, 0.6) is 0 Å². The minimum Gasteiger partial charge on any atom is -0.480 e. The van der Waals surface area contributed by atoms with E-state index in [2.05, 4.69) is 5.32 Å². The molecule has 1 amide bonds. The largest absolute Gasteiger partial charge is 0.480 e. The fourth-order valence-corrected chi connectivity index (χ4v) is 2.65. The number of carbonyl (C=O) groups excluding carboxylic acids is 1. The van der Waals surface area contributed by atoms with Crippen molar-refractivity contribution >= 4 is 23.6 Å². The van der Waals surface area contributed by atoms with Gasteiger partial charge in [0.15, 0.2) is 0 Å². The molecular formula is C15H21NO4S. The fourth-order valence-electron chi connectivity index (χ4n) is 1.72. The number of carboxylic acid groups (broad SMARTS) is 1. The smallest absolute Gasteiger partial charge is 0.316 e. The maximum absolute atomic E-state index is 12.3. The van der Waals surface area contributed by atoms with E-state index in [1.807, 2.05) is 6.92 Å². The lowest BCUT2D eigenvalue weighted by molar-refractivity contribution is -0.136. The van der Waals surface area contributed by atoms with E-state index in [9.17, 15) is 9.59 Å². The third-order valence-electron chi connectivity index (χ3n) is 2.98. The Kier molecular flexibility index (Phi) is 7.25. The van der Waals surface area contributed by atoms with Gasteiger partial charge in [0.25, 0.3) is 5.91 Å². The molecule has 0 aliphatic rings. The second-order valence-corrected chi connectivity index (χ2v) is 6.01. The maximum atomic E-state index is 12.3. The van der Waals surface area contributed by atoms with Crippen molar-refractivity contribution in [2.24, 2.45) is 0 Å². The monoisotopic (exact) mass is 311 g/mol. The summed E-state index contributed by atoms with van der Waals surface area (Å²) in [6.45, 7) is 4.02. The number of amides is 1. The minimum absolute atomic E-state index is 0.0579. The summed E-state index contributed by atoms with van der Waals surface area (Å²) >= 11 is 1.16. The van der Waals surface area contributed by atoms with Gasteiger partial charge in [-0.1, -0.05) is 19.1 Å². The SMILES string of the molecule is CCC(COC)NC(=O)c1ccccc1SC(C)C(=O)O. The van der Waals surface area contributed by atoms with Crippen LogP contribution in [0.25, 0.3) is 0 Å². The van der Waals surface area contributed by atoms with Crippen molar-refractivity contribution < 1.29 is 19.4 Å². The van der Waals surface area contributed by atoms with E-state index < -0.39 is 11.2 Å². The van der Waals surface area contributed by atoms with Crippen LogP contribution >= 0.6 is 11.8 Å². The first-order valence-corrected chi connectivity index (χ1v) is 7.65. The number of carbonyl (C=O) groups is 2. The molecule has 1 aromatic rings. The van der Waals surface area contributed by atoms with Gasteiger partial charge in [-0.3, -0.25) is 9.59 Å². The molecule has 0 spiro atoms. The summed E-state index contributed by atoms with van der Waals surface area (Å²) < 4.78 is 5.06. The molecule has 2 N–H and O–H groups in total. The molecule has 116 valence electrons. The van der Waals surface area contributed by atoms with Crippen LogP contribution in [0, 0.1) is 0 Å². The Hall–Kier alpha value is -1.53. The molecule has 0 bridgehead atoms. The first-order valence-electron chi connectivity index (χ1n) is 6.77. The number of hydrogen-bond donors (Lipinski definition) is 2. The number of methoxy groups -OCH3 is 1. The lowest BCUT2D eigenvalue weighted by Gasteiger charge is -2.17. The predicted molar refractivity (Wildman–Crippen MR) is 82.8 cm³/mol. The first kappa shape index (κ1) is 17.5. The summed E-state index contributed by atoms with van der Waals surface area (Å²) in [6, 6.07) is 6.96. The molecule has 1 aromatic carbocycles. The molecule has 0 radical (unpaired) electrons. The zero-order chi connectivity index (χ0) is 15.8. The van der Waals surface area contributed by atoms with Crippen LogP contribution in [0.3, 0.4) is 0 Å². The zero-order valence-corrected chi connectivity index (χ0v) is 13.3. The topological polar surface area (TPSA) is 75.6 Å². The number of thioether (sulfide) groups is 1. The van der Waals surface area contributed by atoms with Gasteiger partial charge in [-0.05, 0) is 25.5 Å². The van der Waals surface area contributed by atoms with Gasteiger partial charge in [-0.25, -0.2) is 0 Å². The molecule has 21 heavy (non-hydrogen) atoms. The van der Waals surface area contributed by atoms with Crippen molar-refractivity contribution in [1.82, 2.24) is 5.32 Å². The molecule has 2 unspecified atom stereocenters. The van der Waals surface area contributed by atoms with E-state index in [4.69, 9.17) is 9.84 Å². The van der Waals surface area contributed by atoms with Gasteiger partial charge in [0.05, 0.1) is 18.2 Å². The van der Waals surface area contributed by atoms with E-state index in [0.29, 0.717) is 17.1 Å². The Bertz CT molecular complexity index is 492. The summed E-state index contributed by atoms with van der Waals surface area (Å²) in [5, 5.41) is 11.3. The van der Waals surface area contributed by atoms with Gasteiger partial charge in [-0.2, -0.15) is 0 Å². The molecule has 5 nitrogen and oxygen atoms in total. The predicted octanol–water partition coefficient (Wildman–Crippen LogP) is 2.41. The summed E-state index contributed by atoms with van der Waals surface area (Å²) in [5.41, 5.74) is 0.491. The molecule has 0 aliphatic carbocycles. The number of nitrogens with one attached hydrogen (secondary N) is 1. The van der Waals surface area contributed by atoms with Gasteiger partial charge in [-0.15, -0.1) is 11.8 Å². The standard InChI is InChI=1S/C15H21NO4S/c1-4-11(9-20-3)16-14(17)12-7-5-6-8-13(12)21-10(2)15(18)19/h5-8,10-11H,4,9H2,1-3H3,(H,16,17)(H,18,19). The van der Waals surface area contributed by atoms with Crippen molar-refractivity contribution in [2.75, 3.05) is 13.7 Å². The normalized spacial score (nSPS) is 13.5. The van der Waals surface area contributed by atoms with Crippen LogP contribution < -0.4 is 5.32 Å². The van der Waals surface area contributed by atoms with Gasteiger partial charge in [0, 0.05) is 12.0 Å². The van der Waals surface area contributed by atoms with Crippen molar-refractivity contribution in [3.05, 3.63) is 29.8 Å². The van der Waals surface area contributed by atoms with E-state index in [0.717, 1.165) is 18.2 Å². The number of hydrogen-bond acceptors (Lipinski definition) is 4. The maximum Gasteiger partial charge on any atom is 0.316 e. The van der Waals surface area contributed by atoms with E-state index >= 15 is 0 Å². The van der Waals surface area contributed by atoms with Crippen LogP contribution in [-0.2, 0) is 9.53 Å². The second-order valence-electron chi connectivity index (χ2n) is 4.63. The highest BCUT2D eigenvalue weighted by atomic mass is 32.2. The fraction of sp³-hybridized carbons (Fsp3) is 0.467. The second kappa shape index (κ2) is 8.69. The highest BCUT2D eigenvalue weighted by molar-refractivity contribution is 8.00. The van der Waals surface area contributed by atoms with E-state index in [1.165, 1.54) is 0 Å². The average Bonchev–Trinajstić information content (AvgIpc) is 2.47. The van der Waals surface area contributed by atoms with Gasteiger partial charge < -0.3 is 15.2 Å². The molecule has 0 heterocycles. The van der Waals surface area contributed by atoms with Gasteiger partial charge in [0.2, 0.25) is 0 Å². The zero-order valence-electron chi connectivity index (χ0n) is 12.5. The van der Waals surface area contributed by atoms with Crippen LogP contribution in [0.15, 0.2) is 29.2 Å². The Morgan fingerprint density at radius 1 is 1.38 bits per heavy atom. The average molecular weight is 311 g/mol. The molecule has 2 atom stereocenters. The third-order valence-corrected chi connectivity index (χ3v) is 4.14. The lowest BCUT2D eigenvalue weighted by atomic mass is 10.2. The number of ether oxygens (including phenoxy) is 1. The van der Waals surface area contributed by atoms with Gasteiger partial charge in [0.1, 0.15) is 5.25 Å². The van der Waals surface area contributed by atoms with Crippen LogP contribution in [0.1, 0.15) is 30.6 Å². The molecule has 6 heteroatoms. The Morgan fingerprint density at radius 3 is 2.62 bits per heavy atom. The van der Waals surface area contributed by atoms with Crippen molar-refractivity contribution in [3.8, 4) is 0 Å². The van der Waals surface area contributed by atoms with Crippen molar-refractivity contribution in [2.45, 2.75) is 36.5 Å². The molecule has 0 fully saturated rings. The number of benzene rings is 1. The summed E-state index contributed by atoms with van der Waals surface area (Å²) in [5.74, 6) is -1.11. The van der Waals surface area contributed by atoms with Crippen LogP contribution in [0.2, 0.25) is 0 Å². The van der Waals surface area contributed by atoms with E-state index in [1.54, 1.807) is 38.3 Å². The molecule has 0 aliphatic heterocycles. The lowest BCUT2D eigenvalue weighted by Crippen LogP contribution is -2.37. The molecule has 1 rings (SSSR count). The van der Waals surface area contributed by atoms with Crippen LogP contribution in [-0.4, -0.2) is 42.0 Å². The Morgan fingerprint density at radius 2 is 2.05 bits per heavy atom. The Labute approximate surface area is 129 Å². The molecular weight excluding hydrogens is 290 g/mol. The summed E-state index contributed by atoms with van der Waals surface area (Å²) in [7, 11) is 1.59. The summed E-state index contributed by atoms with van der Waals surface area (Å²) in [4.78, 5) is 24.0. The quantitative estimate of drug-likeness (QED) is 0.721. The number of rotatable bonds is 8. The Balaban J connectivity index is 2.86. The highest BCUT2D eigenvalue weighted by Crippen LogP contribution is 2.27. The molecule has 0 saturated carbocycles. The molecule has 0 saturated heterocycles. The summed E-state index contributed by atoms with van der Waals surface area (Å²) in [6.07, 6.45) is 0.764. The van der Waals surface area contributed by atoms with Crippen molar-refractivity contribution in [1.29, 1.82) is 0 Å². The first-order chi connectivity index (χ1) is 9.99. The number of aliphatic carboxylic acids is 1. The molecule has 0 aromatic heterocycles. The minimum atomic E-state index is -0.902. The van der Waals surface area contributed by atoms with Crippen LogP contribution in [0.4, 0.5) is 0 Å². The van der Waals surface area contributed by atoms with Gasteiger partial charge >= 0.3 is 5.97 Å². The van der Waals surface area contributed by atoms with E-state index in [-0.39, 0.29) is 11.9 Å². The number of carboxylic acids is 1.